The first-order chi connectivity index (χ1) is 9.32. The Hall–Kier alpha value is -1.56. The lowest BCUT2D eigenvalue weighted by Crippen LogP contribution is -2.22. The average molecular weight is 312 g/mol. The second kappa shape index (κ2) is 5.44. The SMILES string of the molecule is CN(C)S(=O)(=O)c1cccc(-c2ccc(Cl)c(O)c2)c1. The van der Waals surface area contributed by atoms with E-state index >= 15 is 0 Å². The molecule has 106 valence electrons. The Morgan fingerprint density at radius 1 is 1.05 bits per heavy atom. The van der Waals surface area contributed by atoms with E-state index in [1.54, 1.807) is 30.3 Å². The van der Waals surface area contributed by atoms with Crippen molar-refractivity contribution >= 4 is 21.6 Å². The lowest BCUT2D eigenvalue weighted by molar-refractivity contribution is 0.476. The van der Waals surface area contributed by atoms with Crippen LogP contribution in [-0.2, 0) is 10.0 Å². The summed E-state index contributed by atoms with van der Waals surface area (Å²) < 4.78 is 25.3. The number of halogens is 1. The van der Waals surface area contributed by atoms with Gasteiger partial charge in [-0.2, -0.15) is 0 Å². The second-order valence-electron chi connectivity index (χ2n) is 4.48. The molecule has 0 aliphatic rings. The van der Waals surface area contributed by atoms with Crippen molar-refractivity contribution in [3.05, 3.63) is 47.5 Å². The van der Waals surface area contributed by atoms with E-state index in [0.29, 0.717) is 11.1 Å². The van der Waals surface area contributed by atoms with Crippen LogP contribution < -0.4 is 0 Å². The number of nitrogens with zero attached hydrogens (tertiary/aromatic N) is 1. The number of benzene rings is 2. The highest BCUT2D eigenvalue weighted by atomic mass is 35.5. The smallest absolute Gasteiger partial charge is 0.242 e. The van der Waals surface area contributed by atoms with Crippen molar-refractivity contribution in [2.45, 2.75) is 4.90 Å². The molecule has 0 fully saturated rings. The lowest BCUT2D eigenvalue weighted by atomic mass is 10.1. The number of aromatic hydroxyl groups is 1. The molecule has 0 saturated carbocycles. The predicted molar refractivity (Wildman–Crippen MR) is 79.4 cm³/mol. The Morgan fingerprint density at radius 3 is 2.30 bits per heavy atom. The summed E-state index contributed by atoms with van der Waals surface area (Å²) in [6.07, 6.45) is 0. The predicted octanol–water partition coefficient (Wildman–Crippen LogP) is 2.96. The molecule has 0 amide bonds. The molecule has 0 spiro atoms. The van der Waals surface area contributed by atoms with E-state index in [0.717, 1.165) is 4.31 Å². The van der Waals surface area contributed by atoms with Crippen molar-refractivity contribution in [2.75, 3.05) is 14.1 Å². The third-order valence-electron chi connectivity index (χ3n) is 2.89. The fourth-order valence-electron chi connectivity index (χ4n) is 1.74. The highest BCUT2D eigenvalue weighted by Gasteiger charge is 2.17. The van der Waals surface area contributed by atoms with Gasteiger partial charge in [0.1, 0.15) is 5.75 Å². The van der Waals surface area contributed by atoms with Gasteiger partial charge in [-0.3, -0.25) is 0 Å². The maximum absolute atomic E-state index is 12.1. The standard InChI is InChI=1S/C14H14ClNO3S/c1-16(2)20(18,19)12-5-3-4-10(8-12)11-6-7-13(15)14(17)9-11/h3-9,17H,1-2H3. The molecule has 1 N–H and O–H groups in total. The molecule has 2 aromatic carbocycles. The highest BCUT2D eigenvalue weighted by Crippen LogP contribution is 2.30. The summed E-state index contributed by atoms with van der Waals surface area (Å²) in [5.74, 6) is -0.0370. The number of hydrogen-bond donors (Lipinski definition) is 1. The molecule has 0 aromatic heterocycles. The van der Waals surface area contributed by atoms with Gasteiger partial charge in [0.05, 0.1) is 9.92 Å². The summed E-state index contributed by atoms with van der Waals surface area (Å²) in [6, 6.07) is 11.3. The molecule has 0 unspecified atom stereocenters. The maximum atomic E-state index is 12.1. The van der Waals surface area contributed by atoms with Gasteiger partial charge >= 0.3 is 0 Å². The monoisotopic (exact) mass is 311 g/mol. The van der Waals surface area contributed by atoms with Gasteiger partial charge in [0, 0.05) is 14.1 Å². The molecule has 0 radical (unpaired) electrons. The summed E-state index contributed by atoms with van der Waals surface area (Å²) in [4.78, 5) is 0.203. The van der Waals surface area contributed by atoms with Gasteiger partial charge < -0.3 is 5.11 Å². The van der Waals surface area contributed by atoms with Crippen LogP contribution in [0.5, 0.6) is 5.75 Å². The molecule has 0 atom stereocenters. The highest BCUT2D eigenvalue weighted by molar-refractivity contribution is 7.89. The van der Waals surface area contributed by atoms with Gasteiger partial charge in [0.15, 0.2) is 0 Å². The average Bonchev–Trinajstić information content (AvgIpc) is 2.42. The topological polar surface area (TPSA) is 57.6 Å². The Morgan fingerprint density at radius 2 is 1.70 bits per heavy atom. The zero-order valence-electron chi connectivity index (χ0n) is 11.0. The molecular weight excluding hydrogens is 298 g/mol. The normalized spacial score (nSPS) is 11.8. The fourth-order valence-corrected chi connectivity index (χ4v) is 2.80. The molecule has 6 heteroatoms. The summed E-state index contributed by atoms with van der Waals surface area (Å²) in [7, 11) is -0.516. The molecule has 0 aliphatic heterocycles. The van der Waals surface area contributed by atoms with Crippen LogP contribution in [0.25, 0.3) is 11.1 Å². The van der Waals surface area contributed by atoms with Crippen LogP contribution in [0.2, 0.25) is 5.02 Å². The third-order valence-corrected chi connectivity index (χ3v) is 5.02. The molecule has 4 nitrogen and oxygen atoms in total. The van der Waals surface area contributed by atoms with Gasteiger partial charge in [-0.25, -0.2) is 12.7 Å². The Labute approximate surface area is 123 Å². The first-order valence-electron chi connectivity index (χ1n) is 5.84. The van der Waals surface area contributed by atoms with E-state index in [2.05, 4.69) is 0 Å². The zero-order chi connectivity index (χ0) is 14.9. The van der Waals surface area contributed by atoms with E-state index < -0.39 is 10.0 Å². The van der Waals surface area contributed by atoms with E-state index in [1.807, 2.05) is 0 Å². The van der Waals surface area contributed by atoms with Gasteiger partial charge in [0.25, 0.3) is 0 Å². The number of hydrogen-bond acceptors (Lipinski definition) is 3. The molecule has 0 saturated heterocycles. The molecular formula is C14H14ClNO3S. The number of rotatable bonds is 3. The van der Waals surface area contributed by atoms with Crippen LogP contribution in [-0.4, -0.2) is 31.9 Å². The number of phenolic OH excluding ortho intramolecular Hbond substituents is 1. The van der Waals surface area contributed by atoms with E-state index in [9.17, 15) is 13.5 Å². The first-order valence-corrected chi connectivity index (χ1v) is 7.65. The lowest BCUT2D eigenvalue weighted by Gasteiger charge is -2.12. The quantitative estimate of drug-likeness (QED) is 0.948. The molecule has 20 heavy (non-hydrogen) atoms. The molecule has 0 aliphatic carbocycles. The molecule has 0 bridgehead atoms. The Bertz CT molecular complexity index is 742. The van der Waals surface area contributed by atoms with Crippen LogP contribution in [0, 0.1) is 0 Å². The van der Waals surface area contributed by atoms with Gasteiger partial charge in [-0.1, -0.05) is 29.8 Å². The third kappa shape index (κ3) is 2.80. The van der Waals surface area contributed by atoms with Crippen molar-refractivity contribution in [3.8, 4) is 16.9 Å². The Balaban J connectivity index is 2.52. The van der Waals surface area contributed by atoms with E-state index in [1.165, 1.54) is 26.2 Å². The van der Waals surface area contributed by atoms with Crippen molar-refractivity contribution in [1.29, 1.82) is 0 Å². The minimum Gasteiger partial charge on any atom is -0.506 e. The molecule has 2 aromatic rings. The van der Waals surface area contributed by atoms with Crippen LogP contribution in [0.15, 0.2) is 47.4 Å². The number of phenols is 1. The van der Waals surface area contributed by atoms with E-state index in [-0.39, 0.29) is 15.7 Å². The zero-order valence-corrected chi connectivity index (χ0v) is 12.6. The van der Waals surface area contributed by atoms with Crippen LogP contribution in [0.1, 0.15) is 0 Å². The van der Waals surface area contributed by atoms with Crippen molar-refractivity contribution in [2.24, 2.45) is 0 Å². The molecule has 0 heterocycles. The van der Waals surface area contributed by atoms with Gasteiger partial charge in [0.2, 0.25) is 10.0 Å². The fraction of sp³-hybridized carbons (Fsp3) is 0.143. The summed E-state index contributed by atoms with van der Waals surface area (Å²) in [5.41, 5.74) is 1.39. The van der Waals surface area contributed by atoms with Crippen LogP contribution >= 0.6 is 11.6 Å². The van der Waals surface area contributed by atoms with Crippen molar-refractivity contribution in [3.63, 3.8) is 0 Å². The van der Waals surface area contributed by atoms with Crippen molar-refractivity contribution in [1.82, 2.24) is 4.31 Å². The summed E-state index contributed by atoms with van der Waals surface area (Å²) in [6.45, 7) is 0. The van der Waals surface area contributed by atoms with Gasteiger partial charge in [-0.15, -0.1) is 0 Å². The second-order valence-corrected chi connectivity index (χ2v) is 7.04. The van der Waals surface area contributed by atoms with Crippen LogP contribution in [0.3, 0.4) is 0 Å². The number of sulfonamides is 1. The summed E-state index contributed by atoms with van der Waals surface area (Å²) in [5, 5.41) is 9.88. The largest absolute Gasteiger partial charge is 0.506 e. The minimum absolute atomic E-state index is 0.0370. The summed E-state index contributed by atoms with van der Waals surface area (Å²) >= 11 is 5.76. The Kier molecular flexibility index (Phi) is 4.04. The molecule has 2 rings (SSSR count). The van der Waals surface area contributed by atoms with E-state index in [4.69, 9.17) is 11.6 Å². The van der Waals surface area contributed by atoms with Crippen molar-refractivity contribution < 1.29 is 13.5 Å². The maximum Gasteiger partial charge on any atom is 0.242 e. The van der Waals surface area contributed by atoms with Gasteiger partial charge in [-0.05, 0) is 35.4 Å². The first kappa shape index (κ1) is 14.8. The minimum atomic E-state index is -3.48. The van der Waals surface area contributed by atoms with Crippen LogP contribution in [0.4, 0.5) is 0 Å².